The van der Waals surface area contributed by atoms with Crippen LogP contribution in [0.15, 0.2) is 30.5 Å². The van der Waals surface area contributed by atoms with Gasteiger partial charge in [0.05, 0.1) is 6.61 Å². The summed E-state index contributed by atoms with van der Waals surface area (Å²) in [6, 6.07) is 8.22. The van der Waals surface area contributed by atoms with Gasteiger partial charge in [0.1, 0.15) is 6.10 Å². The van der Waals surface area contributed by atoms with Crippen molar-refractivity contribution in [1.29, 1.82) is 0 Å². The summed E-state index contributed by atoms with van der Waals surface area (Å²) >= 11 is 0. The fourth-order valence-corrected chi connectivity index (χ4v) is 1.94. The number of fused-ring (bicyclic) bond motifs is 1. The number of methoxy groups -OCH3 is 1. The van der Waals surface area contributed by atoms with Crippen LogP contribution < -0.4 is 0 Å². The molecule has 0 aliphatic carbocycles. The van der Waals surface area contributed by atoms with Gasteiger partial charge in [0.15, 0.2) is 0 Å². The molecule has 86 valence electrons. The highest BCUT2D eigenvalue weighted by Gasteiger charge is 2.15. The lowest BCUT2D eigenvalue weighted by Gasteiger charge is -2.15. The van der Waals surface area contributed by atoms with E-state index in [-0.39, 0.29) is 6.10 Å². The number of hydrogen-bond donors (Lipinski definition) is 1. The fourth-order valence-electron chi connectivity index (χ4n) is 1.94. The lowest BCUT2D eigenvalue weighted by atomic mass is 10.1. The van der Waals surface area contributed by atoms with Crippen molar-refractivity contribution in [2.45, 2.75) is 13.0 Å². The van der Waals surface area contributed by atoms with Gasteiger partial charge in [-0.3, -0.25) is 0 Å². The molecule has 1 N–H and O–H groups in total. The molecular formula is C13H17NO2. The van der Waals surface area contributed by atoms with Crippen LogP contribution in [-0.4, -0.2) is 25.3 Å². The molecule has 1 heterocycles. The molecule has 2 rings (SSSR count). The molecule has 1 aromatic carbocycles. The van der Waals surface area contributed by atoms with E-state index in [0.717, 1.165) is 5.52 Å². The third kappa shape index (κ3) is 2.10. The Morgan fingerprint density at radius 2 is 2.12 bits per heavy atom. The van der Waals surface area contributed by atoms with Crippen molar-refractivity contribution in [2.24, 2.45) is 0 Å². The number of para-hydroxylation sites is 1. The Balaban J connectivity index is 2.36. The summed E-state index contributed by atoms with van der Waals surface area (Å²) in [4.78, 5) is 3.25. The van der Waals surface area contributed by atoms with Crippen molar-refractivity contribution < 1.29 is 9.47 Å². The number of aromatic amines is 1. The average Bonchev–Trinajstić information content (AvgIpc) is 2.72. The zero-order valence-corrected chi connectivity index (χ0v) is 9.69. The molecule has 0 saturated heterocycles. The number of rotatable bonds is 5. The van der Waals surface area contributed by atoms with Crippen LogP contribution in [0.2, 0.25) is 0 Å². The van der Waals surface area contributed by atoms with E-state index in [9.17, 15) is 0 Å². The van der Waals surface area contributed by atoms with Gasteiger partial charge in [-0.25, -0.2) is 0 Å². The minimum atomic E-state index is 0.00569. The smallest absolute Gasteiger partial charge is 0.108 e. The molecule has 0 fully saturated rings. The lowest BCUT2D eigenvalue weighted by Crippen LogP contribution is -2.10. The van der Waals surface area contributed by atoms with Crippen molar-refractivity contribution in [2.75, 3.05) is 20.3 Å². The van der Waals surface area contributed by atoms with E-state index >= 15 is 0 Å². The number of nitrogens with one attached hydrogen (secondary N) is 1. The standard InChI is InChI=1S/C13H17NO2/c1-3-16-13(9-15-2)11-8-14-12-7-5-4-6-10(11)12/h4-8,13-14H,3,9H2,1-2H3. The summed E-state index contributed by atoms with van der Waals surface area (Å²) in [6.07, 6.45) is 2.01. The second-order valence-corrected chi connectivity index (χ2v) is 3.69. The first-order valence-electron chi connectivity index (χ1n) is 5.53. The predicted molar refractivity (Wildman–Crippen MR) is 64.5 cm³/mol. The van der Waals surface area contributed by atoms with Crippen molar-refractivity contribution in [1.82, 2.24) is 4.98 Å². The van der Waals surface area contributed by atoms with E-state index in [4.69, 9.17) is 9.47 Å². The molecular weight excluding hydrogens is 202 g/mol. The lowest BCUT2D eigenvalue weighted by molar-refractivity contribution is 0.00363. The second-order valence-electron chi connectivity index (χ2n) is 3.69. The van der Waals surface area contributed by atoms with Crippen molar-refractivity contribution >= 4 is 10.9 Å². The molecule has 1 atom stereocenters. The first-order valence-corrected chi connectivity index (χ1v) is 5.53. The Labute approximate surface area is 95.4 Å². The highest BCUT2D eigenvalue weighted by atomic mass is 16.5. The highest BCUT2D eigenvalue weighted by Crippen LogP contribution is 2.26. The Morgan fingerprint density at radius 3 is 2.88 bits per heavy atom. The third-order valence-electron chi connectivity index (χ3n) is 2.65. The normalized spacial score (nSPS) is 13.1. The molecule has 0 radical (unpaired) electrons. The molecule has 3 nitrogen and oxygen atoms in total. The van der Waals surface area contributed by atoms with E-state index in [1.807, 2.05) is 25.3 Å². The number of benzene rings is 1. The van der Waals surface area contributed by atoms with E-state index in [2.05, 4.69) is 17.1 Å². The van der Waals surface area contributed by atoms with E-state index < -0.39 is 0 Å². The minimum absolute atomic E-state index is 0.00569. The van der Waals surface area contributed by atoms with E-state index in [1.165, 1.54) is 10.9 Å². The molecule has 0 saturated carbocycles. The summed E-state index contributed by atoms with van der Waals surface area (Å²) in [6.45, 7) is 3.26. The zero-order valence-electron chi connectivity index (χ0n) is 9.69. The molecule has 0 aliphatic heterocycles. The molecule has 0 bridgehead atoms. The van der Waals surface area contributed by atoms with Crippen LogP contribution in [0.3, 0.4) is 0 Å². The monoisotopic (exact) mass is 219 g/mol. The molecule has 1 aromatic heterocycles. The van der Waals surface area contributed by atoms with Gasteiger partial charge in [-0.05, 0) is 13.0 Å². The number of ether oxygens (including phenoxy) is 2. The molecule has 0 amide bonds. The van der Waals surface area contributed by atoms with Crippen LogP contribution >= 0.6 is 0 Å². The summed E-state index contributed by atoms with van der Waals surface area (Å²) < 4.78 is 10.9. The molecule has 3 heteroatoms. The number of hydrogen-bond acceptors (Lipinski definition) is 2. The van der Waals surface area contributed by atoms with Crippen molar-refractivity contribution in [3.8, 4) is 0 Å². The maximum Gasteiger partial charge on any atom is 0.108 e. The highest BCUT2D eigenvalue weighted by molar-refractivity contribution is 5.83. The van der Waals surface area contributed by atoms with E-state index in [0.29, 0.717) is 13.2 Å². The quantitative estimate of drug-likeness (QED) is 0.839. The fraction of sp³-hybridized carbons (Fsp3) is 0.385. The molecule has 0 aliphatic rings. The topological polar surface area (TPSA) is 34.2 Å². The molecule has 0 spiro atoms. The molecule has 16 heavy (non-hydrogen) atoms. The van der Waals surface area contributed by atoms with Crippen molar-refractivity contribution in [3.05, 3.63) is 36.0 Å². The Hall–Kier alpha value is -1.32. The summed E-state index contributed by atoms with van der Waals surface area (Å²) in [5.74, 6) is 0. The van der Waals surface area contributed by atoms with Gasteiger partial charge in [-0.15, -0.1) is 0 Å². The summed E-state index contributed by atoms with van der Waals surface area (Å²) in [5, 5.41) is 1.21. The van der Waals surface area contributed by atoms with Crippen LogP contribution in [0, 0.1) is 0 Å². The maximum absolute atomic E-state index is 5.69. The van der Waals surface area contributed by atoms with Gasteiger partial charge in [0, 0.05) is 36.4 Å². The Bertz CT molecular complexity index is 444. The van der Waals surface area contributed by atoms with Gasteiger partial charge in [0.25, 0.3) is 0 Å². The first kappa shape index (κ1) is 11.2. The van der Waals surface area contributed by atoms with Crippen molar-refractivity contribution in [3.63, 3.8) is 0 Å². The Kier molecular flexibility index (Phi) is 3.59. The second kappa shape index (κ2) is 5.14. The third-order valence-corrected chi connectivity index (χ3v) is 2.65. The number of aromatic nitrogens is 1. The van der Waals surface area contributed by atoms with Gasteiger partial charge < -0.3 is 14.5 Å². The summed E-state index contributed by atoms with van der Waals surface area (Å²) in [5.41, 5.74) is 2.30. The van der Waals surface area contributed by atoms with E-state index in [1.54, 1.807) is 7.11 Å². The zero-order chi connectivity index (χ0) is 11.4. The average molecular weight is 219 g/mol. The van der Waals surface area contributed by atoms with Gasteiger partial charge >= 0.3 is 0 Å². The Morgan fingerprint density at radius 1 is 1.31 bits per heavy atom. The van der Waals surface area contributed by atoms with Gasteiger partial charge in [-0.2, -0.15) is 0 Å². The van der Waals surface area contributed by atoms with Crippen LogP contribution in [0.25, 0.3) is 10.9 Å². The summed E-state index contributed by atoms with van der Waals surface area (Å²) in [7, 11) is 1.70. The molecule has 1 unspecified atom stereocenters. The van der Waals surface area contributed by atoms with Crippen LogP contribution in [0.4, 0.5) is 0 Å². The van der Waals surface area contributed by atoms with Crippen LogP contribution in [-0.2, 0) is 9.47 Å². The van der Waals surface area contributed by atoms with Gasteiger partial charge in [-0.1, -0.05) is 18.2 Å². The number of H-pyrrole nitrogens is 1. The van der Waals surface area contributed by atoms with Crippen LogP contribution in [0.5, 0.6) is 0 Å². The predicted octanol–water partition coefficient (Wildman–Crippen LogP) is 2.89. The first-order chi connectivity index (χ1) is 7.86. The van der Waals surface area contributed by atoms with Crippen LogP contribution in [0.1, 0.15) is 18.6 Å². The SMILES string of the molecule is CCOC(COC)c1c[nH]c2ccccc12. The minimum Gasteiger partial charge on any atom is -0.382 e. The molecule has 2 aromatic rings. The van der Waals surface area contributed by atoms with Gasteiger partial charge in [0.2, 0.25) is 0 Å². The maximum atomic E-state index is 5.69. The largest absolute Gasteiger partial charge is 0.382 e.